The van der Waals surface area contributed by atoms with Crippen LogP contribution in [0, 0.1) is 13.8 Å². The summed E-state index contributed by atoms with van der Waals surface area (Å²) in [5, 5.41) is 6.58. The Bertz CT molecular complexity index is 905. The van der Waals surface area contributed by atoms with Gasteiger partial charge in [-0.25, -0.2) is 4.98 Å². The number of rotatable bonds is 5. The Balaban J connectivity index is 1.72. The van der Waals surface area contributed by atoms with Crippen LogP contribution in [0.1, 0.15) is 27.2 Å². The summed E-state index contributed by atoms with van der Waals surface area (Å²) in [5.74, 6) is 0.372. The molecule has 0 aliphatic heterocycles. The van der Waals surface area contributed by atoms with Crippen LogP contribution in [0.3, 0.4) is 0 Å². The molecule has 3 aromatic rings. The average Bonchev–Trinajstić information content (AvgIpc) is 2.64. The standard InChI is InChI=1S/C20H19ClN4O/c1-13-9-14(2)19(17(21)10-13)25-20(26)15-6-8-23-18(11-15)24-12-16-5-3-4-7-22-16/h3-11H,12H2,1-2H3,(H,23,24)(H,25,26). The lowest BCUT2D eigenvalue weighted by molar-refractivity contribution is 0.102. The molecular formula is C20H19ClN4O. The summed E-state index contributed by atoms with van der Waals surface area (Å²) in [6.45, 7) is 4.41. The van der Waals surface area contributed by atoms with Gasteiger partial charge in [-0.1, -0.05) is 23.7 Å². The van der Waals surface area contributed by atoms with Gasteiger partial charge >= 0.3 is 0 Å². The van der Waals surface area contributed by atoms with Gasteiger partial charge in [0.15, 0.2) is 0 Å². The monoisotopic (exact) mass is 366 g/mol. The second-order valence-electron chi connectivity index (χ2n) is 6.00. The molecule has 0 aliphatic rings. The number of pyridine rings is 2. The van der Waals surface area contributed by atoms with E-state index in [1.54, 1.807) is 24.5 Å². The molecule has 0 fully saturated rings. The molecule has 132 valence electrons. The number of hydrogen-bond donors (Lipinski definition) is 2. The molecule has 0 bridgehead atoms. The number of carbonyl (C=O) groups excluding carboxylic acids is 1. The highest BCUT2D eigenvalue weighted by Gasteiger charge is 2.12. The Labute approximate surface area is 157 Å². The van der Waals surface area contributed by atoms with Crippen LogP contribution in [-0.2, 0) is 6.54 Å². The Morgan fingerprint density at radius 3 is 2.65 bits per heavy atom. The van der Waals surface area contributed by atoms with E-state index in [0.29, 0.717) is 28.6 Å². The molecule has 6 heteroatoms. The van der Waals surface area contributed by atoms with E-state index in [1.165, 1.54) is 0 Å². The van der Waals surface area contributed by atoms with Crippen LogP contribution in [-0.4, -0.2) is 15.9 Å². The Kier molecular flexibility index (Phi) is 5.49. The SMILES string of the molecule is Cc1cc(C)c(NC(=O)c2ccnc(NCc3ccccn3)c2)c(Cl)c1. The van der Waals surface area contributed by atoms with E-state index < -0.39 is 0 Å². The minimum absolute atomic E-state index is 0.234. The van der Waals surface area contributed by atoms with Crippen molar-refractivity contribution in [2.45, 2.75) is 20.4 Å². The van der Waals surface area contributed by atoms with Crippen LogP contribution in [0.5, 0.6) is 0 Å². The van der Waals surface area contributed by atoms with Crippen molar-refractivity contribution in [3.63, 3.8) is 0 Å². The number of aryl methyl sites for hydroxylation is 2. The molecule has 0 radical (unpaired) electrons. The van der Waals surface area contributed by atoms with Gasteiger partial charge in [0.1, 0.15) is 5.82 Å². The number of nitrogens with zero attached hydrogens (tertiary/aromatic N) is 2. The van der Waals surface area contributed by atoms with Crippen LogP contribution in [0.2, 0.25) is 5.02 Å². The highest BCUT2D eigenvalue weighted by atomic mass is 35.5. The van der Waals surface area contributed by atoms with Crippen LogP contribution in [0.4, 0.5) is 11.5 Å². The zero-order valence-corrected chi connectivity index (χ0v) is 15.3. The van der Waals surface area contributed by atoms with Crippen molar-refractivity contribution < 1.29 is 4.79 Å². The lowest BCUT2D eigenvalue weighted by atomic mass is 10.1. The van der Waals surface area contributed by atoms with E-state index in [2.05, 4.69) is 20.6 Å². The fourth-order valence-electron chi connectivity index (χ4n) is 2.61. The molecule has 2 heterocycles. The zero-order chi connectivity index (χ0) is 18.5. The van der Waals surface area contributed by atoms with Crippen LogP contribution in [0.15, 0.2) is 54.9 Å². The maximum Gasteiger partial charge on any atom is 0.255 e. The van der Waals surface area contributed by atoms with Gasteiger partial charge in [0.2, 0.25) is 0 Å². The predicted molar refractivity (Wildman–Crippen MR) is 105 cm³/mol. The summed E-state index contributed by atoms with van der Waals surface area (Å²) in [5.41, 5.74) is 3.99. The van der Waals surface area contributed by atoms with E-state index in [4.69, 9.17) is 11.6 Å². The smallest absolute Gasteiger partial charge is 0.255 e. The fourth-order valence-corrected chi connectivity index (χ4v) is 2.98. The van der Waals surface area contributed by atoms with Gasteiger partial charge in [-0.3, -0.25) is 9.78 Å². The Hall–Kier alpha value is -2.92. The summed E-state index contributed by atoms with van der Waals surface area (Å²) in [6.07, 6.45) is 3.33. The molecule has 0 saturated heterocycles. The van der Waals surface area contributed by atoms with E-state index in [0.717, 1.165) is 16.8 Å². The van der Waals surface area contributed by atoms with Crippen LogP contribution < -0.4 is 10.6 Å². The summed E-state index contributed by atoms with van der Waals surface area (Å²) in [7, 11) is 0. The Morgan fingerprint density at radius 1 is 1.08 bits per heavy atom. The first-order valence-electron chi connectivity index (χ1n) is 8.21. The van der Waals surface area contributed by atoms with Gasteiger partial charge in [-0.2, -0.15) is 0 Å². The molecular weight excluding hydrogens is 348 g/mol. The quantitative estimate of drug-likeness (QED) is 0.691. The minimum Gasteiger partial charge on any atom is -0.364 e. The first kappa shape index (κ1) is 17.9. The van der Waals surface area contributed by atoms with Crippen LogP contribution >= 0.6 is 11.6 Å². The number of benzene rings is 1. The maximum atomic E-state index is 12.6. The molecule has 0 atom stereocenters. The third-order valence-corrected chi connectivity index (χ3v) is 4.17. The number of nitrogens with one attached hydrogen (secondary N) is 2. The lowest BCUT2D eigenvalue weighted by Gasteiger charge is -2.12. The van der Waals surface area contributed by atoms with Gasteiger partial charge in [0.25, 0.3) is 5.91 Å². The molecule has 26 heavy (non-hydrogen) atoms. The van der Waals surface area contributed by atoms with Gasteiger partial charge < -0.3 is 10.6 Å². The molecule has 5 nitrogen and oxygen atoms in total. The molecule has 1 amide bonds. The maximum absolute atomic E-state index is 12.6. The van der Waals surface area contributed by atoms with E-state index in [-0.39, 0.29) is 5.91 Å². The van der Waals surface area contributed by atoms with E-state index in [9.17, 15) is 4.79 Å². The topological polar surface area (TPSA) is 66.9 Å². The summed E-state index contributed by atoms with van der Waals surface area (Å²) < 4.78 is 0. The second kappa shape index (κ2) is 7.97. The van der Waals surface area contributed by atoms with Crippen molar-refractivity contribution in [2.75, 3.05) is 10.6 Å². The Morgan fingerprint density at radius 2 is 1.92 bits per heavy atom. The van der Waals surface area contributed by atoms with Crippen molar-refractivity contribution in [1.82, 2.24) is 9.97 Å². The highest BCUT2D eigenvalue weighted by molar-refractivity contribution is 6.34. The van der Waals surface area contributed by atoms with Crippen molar-refractivity contribution in [2.24, 2.45) is 0 Å². The number of hydrogen-bond acceptors (Lipinski definition) is 4. The normalized spacial score (nSPS) is 10.4. The molecule has 1 aromatic carbocycles. The first-order valence-corrected chi connectivity index (χ1v) is 8.58. The van der Waals surface area contributed by atoms with Gasteiger partial charge in [0, 0.05) is 18.0 Å². The summed E-state index contributed by atoms with van der Waals surface area (Å²) >= 11 is 6.27. The molecule has 2 aromatic heterocycles. The third-order valence-electron chi connectivity index (χ3n) is 3.87. The predicted octanol–water partition coefficient (Wildman–Crippen LogP) is 4.61. The molecule has 2 N–H and O–H groups in total. The fraction of sp³-hybridized carbons (Fsp3) is 0.150. The second-order valence-corrected chi connectivity index (χ2v) is 6.40. The molecule has 0 aliphatic carbocycles. The number of carbonyl (C=O) groups is 1. The number of halogens is 1. The largest absolute Gasteiger partial charge is 0.364 e. The number of aromatic nitrogens is 2. The summed E-state index contributed by atoms with van der Waals surface area (Å²) in [6, 6.07) is 12.9. The van der Waals surface area contributed by atoms with E-state index in [1.807, 2.05) is 44.2 Å². The molecule has 0 saturated carbocycles. The van der Waals surface area contributed by atoms with Crippen molar-refractivity contribution in [3.8, 4) is 0 Å². The minimum atomic E-state index is -0.234. The van der Waals surface area contributed by atoms with Crippen molar-refractivity contribution in [1.29, 1.82) is 0 Å². The molecule has 0 spiro atoms. The van der Waals surface area contributed by atoms with Crippen molar-refractivity contribution in [3.05, 3.63) is 82.3 Å². The molecule has 3 rings (SSSR count). The third kappa shape index (κ3) is 4.37. The van der Waals surface area contributed by atoms with Gasteiger partial charge in [-0.15, -0.1) is 0 Å². The first-order chi connectivity index (χ1) is 12.5. The average molecular weight is 367 g/mol. The number of anilines is 2. The zero-order valence-electron chi connectivity index (χ0n) is 14.6. The van der Waals surface area contributed by atoms with E-state index >= 15 is 0 Å². The lowest BCUT2D eigenvalue weighted by Crippen LogP contribution is -2.14. The van der Waals surface area contributed by atoms with Crippen molar-refractivity contribution >= 4 is 29.0 Å². The molecule has 0 unspecified atom stereocenters. The van der Waals surface area contributed by atoms with Gasteiger partial charge in [0.05, 0.1) is 22.9 Å². The summed E-state index contributed by atoms with van der Waals surface area (Å²) in [4.78, 5) is 21.1. The highest BCUT2D eigenvalue weighted by Crippen LogP contribution is 2.27. The van der Waals surface area contributed by atoms with Crippen LogP contribution in [0.25, 0.3) is 0 Å². The number of amides is 1. The van der Waals surface area contributed by atoms with Gasteiger partial charge in [-0.05, 0) is 55.3 Å².